The summed E-state index contributed by atoms with van der Waals surface area (Å²) in [5.74, 6) is 0. The van der Waals surface area contributed by atoms with Crippen molar-refractivity contribution in [3.63, 3.8) is 0 Å². The third kappa shape index (κ3) is 6.03. The topological polar surface area (TPSA) is 69.4 Å². The maximum atomic E-state index is 10.8. The van der Waals surface area contributed by atoms with E-state index in [2.05, 4.69) is 4.18 Å². The van der Waals surface area contributed by atoms with Crippen LogP contribution in [0.2, 0.25) is 0 Å². The molecule has 0 aromatic rings. The van der Waals surface area contributed by atoms with E-state index in [4.69, 9.17) is 5.73 Å². The van der Waals surface area contributed by atoms with E-state index in [1.807, 2.05) is 0 Å². The van der Waals surface area contributed by atoms with Crippen LogP contribution in [-0.2, 0) is 14.3 Å². The highest BCUT2D eigenvalue weighted by atomic mass is 32.2. The van der Waals surface area contributed by atoms with Gasteiger partial charge in [-0.15, -0.1) is 0 Å². The first-order valence-corrected chi connectivity index (χ1v) is 4.78. The molecule has 4 nitrogen and oxygen atoms in total. The molecule has 0 bridgehead atoms. The van der Waals surface area contributed by atoms with Crippen LogP contribution in [-0.4, -0.2) is 21.1 Å². The quantitative estimate of drug-likeness (QED) is 0.626. The van der Waals surface area contributed by atoms with Crippen molar-refractivity contribution < 1.29 is 12.6 Å². The minimum absolute atomic E-state index is 0.144. The van der Waals surface area contributed by atoms with E-state index in [9.17, 15) is 8.42 Å². The zero-order valence-electron chi connectivity index (χ0n) is 6.65. The van der Waals surface area contributed by atoms with E-state index in [1.54, 1.807) is 13.8 Å². The second-order valence-corrected chi connectivity index (χ2v) is 3.58. The Morgan fingerprint density at radius 2 is 2.18 bits per heavy atom. The molecule has 0 aliphatic rings. The lowest BCUT2D eigenvalue weighted by Gasteiger charge is -1.97. The van der Waals surface area contributed by atoms with E-state index in [0.29, 0.717) is 0 Å². The van der Waals surface area contributed by atoms with E-state index >= 15 is 0 Å². The summed E-state index contributed by atoms with van der Waals surface area (Å²) in [5.41, 5.74) is 5.29. The monoisotopic (exact) mass is 179 g/mol. The summed E-state index contributed by atoms with van der Waals surface area (Å²) < 4.78 is 26.0. The zero-order valence-corrected chi connectivity index (χ0v) is 7.47. The summed E-state index contributed by atoms with van der Waals surface area (Å²) in [6.45, 7) is 3.43. The van der Waals surface area contributed by atoms with E-state index in [0.717, 1.165) is 5.41 Å². The highest BCUT2D eigenvalue weighted by Gasteiger charge is 2.02. The summed E-state index contributed by atoms with van der Waals surface area (Å²) in [6.07, 6.45) is 1.37. The van der Waals surface area contributed by atoms with Crippen LogP contribution in [0.4, 0.5) is 0 Å². The van der Waals surface area contributed by atoms with E-state index in [1.165, 1.54) is 6.08 Å². The van der Waals surface area contributed by atoms with Gasteiger partial charge in [0.2, 0.25) is 0 Å². The Balaban J connectivity index is 4.13. The Hall–Kier alpha value is -0.390. The lowest BCUT2D eigenvalue weighted by atomic mass is 10.4. The van der Waals surface area contributed by atoms with Crippen LogP contribution in [0.3, 0.4) is 0 Å². The Kier molecular flexibility index (Phi) is 4.32. The standard InChI is InChI=1S/C6H13NO3S/c1-3-10-11(8,9)5-4-6(2)7/h4-6H,3,7H2,1-2H3/b5-4+. The first-order chi connectivity index (χ1) is 4.98. The lowest BCUT2D eigenvalue weighted by molar-refractivity contribution is 0.344. The number of hydrogen-bond acceptors (Lipinski definition) is 4. The molecule has 0 spiro atoms. The molecule has 0 heterocycles. The van der Waals surface area contributed by atoms with Gasteiger partial charge in [0, 0.05) is 6.04 Å². The Morgan fingerprint density at radius 1 is 1.64 bits per heavy atom. The maximum Gasteiger partial charge on any atom is 0.289 e. The first-order valence-electron chi connectivity index (χ1n) is 3.31. The fourth-order valence-electron chi connectivity index (χ4n) is 0.424. The molecule has 0 radical (unpaired) electrons. The second kappa shape index (κ2) is 4.48. The third-order valence-electron chi connectivity index (χ3n) is 0.831. The van der Waals surface area contributed by atoms with Gasteiger partial charge in [-0.05, 0) is 13.8 Å². The van der Waals surface area contributed by atoms with Crippen LogP contribution >= 0.6 is 0 Å². The molecule has 1 atom stereocenters. The largest absolute Gasteiger partial charge is 0.325 e. The number of rotatable bonds is 4. The molecule has 0 fully saturated rings. The normalized spacial score (nSPS) is 15.5. The molecule has 0 saturated carbocycles. The SMILES string of the molecule is CCOS(=O)(=O)/C=C/C(C)N. The van der Waals surface area contributed by atoms with Crippen molar-refractivity contribution in [3.8, 4) is 0 Å². The lowest BCUT2D eigenvalue weighted by Crippen LogP contribution is -2.12. The number of hydrogen-bond donors (Lipinski definition) is 1. The van der Waals surface area contributed by atoms with Gasteiger partial charge in [-0.1, -0.05) is 6.08 Å². The van der Waals surface area contributed by atoms with Gasteiger partial charge in [-0.2, -0.15) is 8.42 Å². The van der Waals surface area contributed by atoms with Crippen LogP contribution in [0.5, 0.6) is 0 Å². The van der Waals surface area contributed by atoms with Gasteiger partial charge in [-0.25, -0.2) is 0 Å². The van der Waals surface area contributed by atoms with Crippen LogP contribution in [0.1, 0.15) is 13.8 Å². The molecule has 0 aromatic carbocycles. The summed E-state index contributed by atoms with van der Waals surface area (Å²) in [5, 5.41) is 0.973. The zero-order chi connectivity index (χ0) is 8.91. The average molecular weight is 179 g/mol. The van der Waals surface area contributed by atoms with Gasteiger partial charge in [-0.3, -0.25) is 4.18 Å². The van der Waals surface area contributed by atoms with Crippen molar-refractivity contribution in [3.05, 3.63) is 11.5 Å². The molecule has 0 rings (SSSR count). The molecular weight excluding hydrogens is 166 g/mol. The Morgan fingerprint density at radius 3 is 2.55 bits per heavy atom. The van der Waals surface area contributed by atoms with E-state index < -0.39 is 10.1 Å². The van der Waals surface area contributed by atoms with Gasteiger partial charge in [0.25, 0.3) is 10.1 Å². The van der Waals surface area contributed by atoms with E-state index in [-0.39, 0.29) is 12.6 Å². The minimum atomic E-state index is -3.49. The molecule has 0 aromatic heterocycles. The Bertz CT molecular complexity index is 218. The van der Waals surface area contributed by atoms with Crippen molar-refractivity contribution in [2.45, 2.75) is 19.9 Å². The number of nitrogens with two attached hydrogens (primary N) is 1. The molecule has 11 heavy (non-hydrogen) atoms. The van der Waals surface area contributed by atoms with Crippen molar-refractivity contribution >= 4 is 10.1 Å². The van der Waals surface area contributed by atoms with Crippen molar-refractivity contribution in [2.75, 3.05) is 6.61 Å². The van der Waals surface area contributed by atoms with Crippen molar-refractivity contribution in [2.24, 2.45) is 5.73 Å². The smallest absolute Gasteiger partial charge is 0.289 e. The fraction of sp³-hybridized carbons (Fsp3) is 0.667. The van der Waals surface area contributed by atoms with Crippen LogP contribution in [0, 0.1) is 0 Å². The maximum absolute atomic E-state index is 10.8. The first kappa shape index (κ1) is 10.6. The predicted octanol–water partition coefficient (Wildman–Crippen LogP) is 0.214. The molecule has 2 N–H and O–H groups in total. The van der Waals surface area contributed by atoms with Gasteiger partial charge in [0.05, 0.1) is 12.0 Å². The minimum Gasteiger partial charge on any atom is -0.325 e. The molecule has 0 aliphatic heterocycles. The second-order valence-electron chi connectivity index (χ2n) is 2.09. The van der Waals surface area contributed by atoms with Gasteiger partial charge in [0.1, 0.15) is 0 Å². The van der Waals surface area contributed by atoms with Gasteiger partial charge < -0.3 is 5.73 Å². The fourth-order valence-corrected chi connectivity index (χ4v) is 1.27. The summed E-state index contributed by atoms with van der Waals surface area (Å²) in [6, 6.07) is -0.273. The molecule has 0 amide bonds. The molecule has 0 saturated heterocycles. The van der Waals surface area contributed by atoms with Crippen LogP contribution in [0.15, 0.2) is 11.5 Å². The van der Waals surface area contributed by atoms with Crippen molar-refractivity contribution in [1.82, 2.24) is 0 Å². The van der Waals surface area contributed by atoms with Gasteiger partial charge >= 0.3 is 0 Å². The third-order valence-corrected chi connectivity index (χ3v) is 1.89. The summed E-state index contributed by atoms with van der Waals surface area (Å²) in [7, 11) is -3.49. The summed E-state index contributed by atoms with van der Waals surface area (Å²) in [4.78, 5) is 0. The molecule has 1 unspecified atom stereocenters. The highest BCUT2D eigenvalue weighted by Crippen LogP contribution is 1.95. The molecule has 66 valence electrons. The average Bonchev–Trinajstić information content (AvgIpc) is 1.84. The summed E-state index contributed by atoms with van der Waals surface area (Å²) >= 11 is 0. The highest BCUT2D eigenvalue weighted by molar-refractivity contribution is 7.89. The molecule has 0 aliphatic carbocycles. The molecule has 5 heteroatoms. The van der Waals surface area contributed by atoms with Crippen LogP contribution < -0.4 is 5.73 Å². The Labute approximate surface area is 67.2 Å². The predicted molar refractivity (Wildman–Crippen MR) is 43.3 cm³/mol. The van der Waals surface area contributed by atoms with Crippen molar-refractivity contribution in [1.29, 1.82) is 0 Å². The molecular formula is C6H13NO3S. The van der Waals surface area contributed by atoms with Crippen LogP contribution in [0.25, 0.3) is 0 Å². The van der Waals surface area contributed by atoms with Gasteiger partial charge in [0.15, 0.2) is 0 Å².